The van der Waals surface area contributed by atoms with Crippen LogP contribution in [0, 0.1) is 0 Å². The third kappa shape index (κ3) is 3.34. The molecule has 106 valence electrons. The SMILES string of the molecule is CCC(C(N)=S)S(=O)(=O)N(Cc1ccsc1)C1CC1. The van der Waals surface area contributed by atoms with E-state index in [1.807, 2.05) is 16.8 Å². The van der Waals surface area contributed by atoms with Crippen molar-refractivity contribution < 1.29 is 8.42 Å². The standard InChI is InChI=1S/C12H18N2O2S3/c1-2-11(12(13)17)19(15,16)14(10-3-4-10)7-9-5-6-18-8-9/h5-6,8,10-11H,2-4,7H2,1H3,(H2,13,17). The molecule has 2 N–H and O–H groups in total. The van der Waals surface area contributed by atoms with Crippen molar-refractivity contribution in [1.82, 2.24) is 4.31 Å². The second kappa shape index (κ2) is 5.87. The minimum absolute atomic E-state index is 0.0680. The van der Waals surface area contributed by atoms with Crippen LogP contribution in [0.3, 0.4) is 0 Å². The highest BCUT2D eigenvalue weighted by Gasteiger charge is 2.41. The van der Waals surface area contributed by atoms with Gasteiger partial charge in [-0.15, -0.1) is 0 Å². The van der Waals surface area contributed by atoms with Crippen LogP contribution in [-0.2, 0) is 16.6 Å². The second-order valence-corrected chi connectivity index (χ2v) is 8.07. The van der Waals surface area contributed by atoms with Gasteiger partial charge in [0.1, 0.15) is 5.25 Å². The minimum Gasteiger partial charge on any atom is -0.392 e. The minimum atomic E-state index is -3.45. The summed E-state index contributed by atoms with van der Waals surface area (Å²) in [6.07, 6.45) is 2.28. The Labute approximate surface area is 123 Å². The summed E-state index contributed by atoms with van der Waals surface area (Å²) in [6.45, 7) is 2.23. The number of nitrogens with zero attached hydrogens (tertiary/aromatic N) is 1. The molecule has 1 aliphatic carbocycles. The van der Waals surface area contributed by atoms with Crippen LogP contribution in [0.2, 0.25) is 0 Å². The summed E-state index contributed by atoms with van der Waals surface area (Å²) in [5, 5.41) is 3.19. The second-order valence-electron chi connectivity index (χ2n) is 4.75. The highest BCUT2D eigenvalue weighted by atomic mass is 32.2. The Morgan fingerprint density at radius 1 is 1.63 bits per heavy atom. The van der Waals surface area contributed by atoms with Gasteiger partial charge in [0.05, 0.1) is 4.99 Å². The number of rotatable bonds is 7. The highest BCUT2D eigenvalue weighted by molar-refractivity contribution is 7.92. The summed E-state index contributed by atoms with van der Waals surface area (Å²) in [6, 6.07) is 2.07. The molecule has 1 aromatic heterocycles. The average molecular weight is 318 g/mol. The van der Waals surface area contributed by atoms with E-state index in [2.05, 4.69) is 0 Å². The van der Waals surface area contributed by atoms with Gasteiger partial charge in [-0.3, -0.25) is 0 Å². The monoisotopic (exact) mass is 318 g/mol. The maximum Gasteiger partial charge on any atom is 0.224 e. The largest absolute Gasteiger partial charge is 0.392 e. The molecule has 1 aliphatic rings. The van der Waals surface area contributed by atoms with Crippen LogP contribution in [0.4, 0.5) is 0 Å². The summed E-state index contributed by atoms with van der Waals surface area (Å²) >= 11 is 6.49. The zero-order valence-electron chi connectivity index (χ0n) is 10.8. The van der Waals surface area contributed by atoms with Gasteiger partial charge in [-0.25, -0.2) is 8.42 Å². The highest BCUT2D eigenvalue weighted by Crippen LogP contribution is 2.33. The number of thiophene rings is 1. The van der Waals surface area contributed by atoms with Crippen LogP contribution in [0.1, 0.15) is 31.7 Å². The van der Waals surface area contributed by atoms with E-state index in [-0.39, 0.29) is 11.0 Å². The predicted octanol–water partition coefficient (Wildman–Crippen LogP) is 2.11. The molecule has 0 aliphatic heterocycles. The van der Waals surface area contributed by atoms with Crippen molar-refractivity contribution in [2.24, 2.45) is 5.73 Å². The van der Waals surface area contributed by atoms with E-state index in [0.29, 0.717) is 13.0 Å². The van der Waals surface area contributed by atoms with Gasteiger partial charge in [-0.1, -0.05) is 19.1 Å². The molecule has 7 heteroatoms. The van der Waals surface area contributed by atoms with Gasteiger partial charge in [-0.05, 0) is 41.7 Å². The first kappa shape index (κ1) is 14.9. The average Bonchev–Trinajstić information content (AvgIpc) is 3.02. The molecule has 1 saturated carbocycles. The molecule has 0 amide bonds. The molecule has 4 nitrogen and oxygen atoms in total. The third-order valence-electron chi connectivity index (χ3n) is 3.25. The van der Waals surface area contributed by atoms with E-state index in [0.717, 1.165) is 18.4 Å². The molecule has 0 saturated heterocycles. The Balaban J connectivity index is 2.25. The molecular formula is C12H18N2O2S3. The van der Waals surface area contributed by atoms with Crippen molar-refractivity contribution in [1.29, 1.82) is 0 Å². The van der Waals surface area contributed by atoms with Crippen LogP contribution in [0.25, 0.3) is 0 Å². The van der Waals surface area contributed by atoms with Crippen LogP contribution in [0.5, 0.6) is 0 Å². The van der Waals surface area contributed by atoms with Gasteiger partial charge >= 0.3 is 0 Å². The van der Waals surface area contributed by atoms with Gasteiger partial charge < -0.3 is 5.73 Å². The molecule has 1 atom stereocenters. The first-order chi connectivity index (χ1) is 8.96. The lowest BCUT2D eigenvalue weighted by atomic mass is 10.3. The molecule has 0 aromatic carbocycles. The van der Waals surface area contributed by atoms with Crippen molar-refractivity contribution in [3.63, 3.8) is 0 Å². The number of thiocarbonyl (C=S) groups is 1. The van der Waals surface area contributed by atoms with E-state index < -0.39 is 15.3 Å². The number of sulfonamides is 1. The number of nitrogens with two attached hydrogens (primary N) is 1. The van der Waals surface area contributed by atoms with Crippen molar-refractivity contribution in [2.45, 2.75) is 44.0 Å². The van der Waals surface area contributed by atoms with Crippen molar-refractivity contribution in [2.75, 3.05) is 0 Å². The van der Waals surface area contributed by atoms with E-state index in [1.165, 1.54) is 0 Å². The summed E-state index contributed by atoms with van der Waals surface area (Å²) < 4.78 is 26.9. The molecule has 1 unspecified atom stereocenters. The van der Waals surface area contributed by atoms with Crippen LogP contribution in [0.15, 0.2) is 16.8 Å². The first-order valence-corrected chi connectivity index (χ1v) is 9.13. The maximum absolute atomic E-state index is 12.7. The Bertz CT molecular complexity index is 535. The quantitative estimate of drug-likeness (QED) is 0.782. The van der Waals surface area contributed by atoms with Crippen LogP contribution in [-0.4, -0.2) is 29.0 Å². The lowest BCUT2D eigenvalue weighted by molar-refractivity contribution is 0.395. The lowest BCUT2D eigenvalue weighted by Gasteiger charge is -2.26. The van der Waals surface area contributed by atoms with Gasteiger partial charge in [0.2, 0.25) is 10.0 Å². The molecule has 0 radical (unpaired) electrons. The first-order valence-electron chi connectivity index (χ1n) is 6.28. The van der Waals surface area contributed by atoms with Gasteiger partial charge in [0.15, 0.2) is 0 Å². The zero-order chi connectivity index (χ0) is 14.0. The third-order valence-corrected chi connectivity index (χ3v) is 6.80. The molecule has 1 fully saturated rings. The number of hydrogen-bond donors (Lipinski definition) is 1. The van der Waals surface area contributed by atoms with Crippen molar-refractivity contribution in [3.8, 4) is 0 Å². The fraction of sp³-hybridized carbons (Fsp3) is 0.583. The summed E-state index contributed by atoms with van der Waals surface area (Å²) in [5.41, 5.74) is 6.62. The summed E-state index contributed by atoms with van der Waals surface area (Å²) in [5.74, 6) is 0. The lowest BCUT2D eigenvalue weighted by Crippen LogP contribution is -2.44. The van der Waals surface area contributed by atoms with Crippen LogP contribution < -0.4 is 5.73 Å². The Morgan fingerprint density at radius 2 is 2.32 bits per heavy atom. The smallest absolute Gasteiger partial charge is 0.224 e. The topological polar surface area (TPSA) is 63.4 Å². The van der Waals surface area contributed by atoms with E-state index in [1.54, 1.807) is 22.6 Å². The molecule has 0 bridgehead atoms. The Morgan fingerprint density at radius 3 is 2.74 bits per heavy atom. The van der Waals surface area contributed by atoms with E-state index in [9.17, 15) is 8.42 Å². The van der Waals surface area contributed by atoms with E-state index >= 15 is 0 Å². The van der Waals surface area contributed by atoms with Gasteiger partial charge in [-0.2, -0.15) is 15.6 Å². The molecular weight excluding hydrogens is 300 g/mol. The van der Waals surface area contributed by atoms with Crippen molar-refractivity contribution >= 4 is 38.6 Å². The summed E-state index contributed by atoms with van der Waals surface area (Å²) in [4.78, 5) is 0.0680. The van der Waals surface area contributed by atoms with Crippen molar-refractivity contribution in [3.05, 3.63) is 22.4 Å². The fourth-order valence-electron chi connectivity index (χ4n) is 2.07. The number of hydrogen-bond acceptors (Lipinski definition) is 4. The normalized spacial score (nSPS) is 17.6. The van der Waals surface area contributed by atoms with E-state index in [4.69, 9.17) is 18.0 Å². The van der Waals surface area contributed by atoms with Crippen LogP contribution >= 0.6 is 23.6 Å². The molecule has 0 spiro atoms. The fourth-order valence-corrected chi connectivity index (χ4v) is 5.26. The zero-order valence-corrected chi connectivity index (χ0v) is 13.2. The predicted molar refractivity (Wildman–Crippen MR) is 82.7 cm³/mol. The molecule has 1 aromatic rings. The Kier molecular flexibility index (Phi) is 4.60. The van der Waals surface area contributed by atoms with Gasteiger partial charge in [0.25, 0.3) is 0 Å². The summed E-state index contributed by atoms with van der Waals surface area (Å²) in [7, 11) is -3.45. The molecule has 2 rings (SSSR count). The molecule has 1 heterocycles. The Hall–Kier alpha value is -0.500. The molecule has 19 heavy (non-hydrogen) atoms. The van der Waals surface area contributed by atoms with Gasteiger partial charge in [0, 0.05) is 12.6 Å². The maximum atomic E-state index is 12.7.